The summed E-state index contributed by atoms with van der Waals surface area (Å²) in [7, 11) is 1.36. The highest BCUT2D eigenvalue weighted by atomic mass is 35.5. The molecule has 0 bridgehead atoms. The summed E-state index contributed by atoms with van der Waals surface area (Å²) in [5.74, 6) is 0.345. The molecule has 128 valence electrons. The summed E-state index contributed by atoms with van der Waals surface area (Å²) in [6.07, 6.45) is 3.91. The number of carbonyl (C=O) groups excluding carboxylic acids is 1. The Kier molecular flexibility index (Phi) is 8.76. The zero-order chi connectivity index (χ0) is 16.5. The molecule has 1 N–H and O–H groups in total. The van der Waals surface area contributed by atoms with E-state index in [1.54, 1.807) is 24.3 Å². The van der Waals surface area contributed by atoms with Crippen LogP contribution in [0, 0.1) is 0 Å². The van der Waals surface area contributed by atoms with Crippen molar-refractivity contribution in [3.63, 3.8) is 0 Å². The predicted molar refractivity (Wildman–Crippen MR) is 99.6 cm³/mol. The molecule has 0 saturated heterocycles. The summed E-state index contributed by atoms with van der Waals surface area (Å²) in [4.78, 5) is 11.3. The fourth-order valence-electron chi connectivity index (χ4n) is 1.85. The van der Waals surface area contributed by atoms with Gasteiger partial charge in [-0.2, -0.15) is 0 Å². The lowest BCUT2D eigenvalue weighted by Gasteiger charge is -2.05. The summed E-state index contributed by atoms with van der Waals surface area (Å²) in [6, 6.07) is 14.4. The van der Waals surface area contributed by atoms with Gasteiger partial charge in [0.2, 0.25) is 0 Å². The lowest BCUT2D eigenvalue weighted by molar-refractivity contribution is 0.0600. The number of anilines is 1. The van der Waals surface area contributed by atoms with Crippen LogP contribution in [0.3, 0.4) is 0 Å². The molecule has 0 saturated carbocycles. The quantitative estimate of drug-likeness (QED) is 0.573. The Labute approximate surface area is 152 Å². The molecule has 2 aromatic carbocycles. The number of halogens is 2. The first kappa shape index (κ1) is 19.9. The molecule has 0 heterocycles. The van der Waals surface area contributed by atoms with Gasteiger partial charge in [0.25, 0.3) is 0 Å². The number of rotatable bonds is 7. The van der Waals surface area contributed by atoms with Crippen LogP contribution in [0.25, 0.3) is 0 Å². The van der Waals surface area contributed by atoms with Crippen molar-refractivity contribution in [3.8, 4) is 5.75 Å². The van der Waals surface area contributed by atoms with E-state index < -0.39 is 0 Å². The van der Waals surface area contributed by atoms with Crippen LogP contribution in [-0.2, 0) is 4.74 Å². The van der Waals surface area contributed by atoms with Gasteiger partial charge in [-0.3, -0.25) is 0 Å². The van der Waals surface area contributed by atoms with Gasteiger partial charge >= 0.3 is 5.97 Å². The van der Waals surface area contributed by atoms with E-state index in [1.807, 2.05) is 36.4 Å². The predicted octanol–water partition coefficient (Wildman–Crippen LogP) is 4.60. The van der Waals surface area contributed by atoms with Crippen molar-refractivity contribution < 1.29 is 14.3 Å². The molecule has 0 aliphatic carbocycles. The molecule has 0 amide bonds. The van der Waals surface area contributed by atoms with Gasteiger partial charge in [0.15, 0.2) is 0 Å². The minimum atomic E-state index is -0.357. The highest BCUT2D eigenvalue weighted by Crippen LogP contribution is 2.14. The molecule has 0 fully saturated rings. The number of carbonyl (C=O) groups is 1. The van der Waals surface area contributed by atoms with Crippen LogP contribution in [-0.4, -0.2) is 26.2 Å². The molecule has 0 radical (unpaired) electrons. The van der Waals surface area contributed by atoms with E-state index in [0.29, 0.717) is 24.5 Å². The summed E-state index contributed by atoms with van der Waals surface area (Å²) in [5, 5.41) is 3.96. The van der Waals surface area contributed by atoms with E-state index in [9.17, 15) is 4.79 Å². The SMILES string of the molecule is COC(=O)c1ccc(OC/C=C/CNc2ccc(Cl)cc2)cc1.Cl. The molecule has 2 rings (SSSR count). The van der Waals surface area contributed by atoms with E-state index >= 15 is 0 Å². The number of benzene rings is 2. The van der Waals surface area contributed by atoms with E-state index in [0.717, 1.165) is 10.7 Å². The normalized spacial score (nSPS) is 10.1. The van der Waals surface area contributed by atoms with Gasteiger partial charge in [0.1, 0.15) is 12.4 Å². The molecule has 0 unspecified atom stereocenters. The third-order valence-corrected chi connectivity index (χ3v) is 3.31. The van der Waals surface area contributed by atoms with Crippen LogP contribution in [0.2, 0.25) is 5.02 Å². The summed E-state index contributed by atoms with van der Waals surface area (Å²) in [6.45, 7) is 1.16. The van der Waals surface area contributed by atoms with Crippen LogP contribution in [0.15, 0.2) is 60.7 Å². The van der Waals surface area contributed by atoms with Crippen molar-refractivity contribution in [2.45, 2.75) is 0 Å². The Hall–Kier alpha value is -2.17. The van der Waals surface area contributed by atoms with Gasteiger partial charge in [-0.1, -0.05) is 17.7 Å². The third-order valence-electron chi connectivity index (χ3n) is 3.06. The molecule has 0 aliphatic heterocycles. The Morgan fingerprint density at radius 1 is 1.08 bits per heavy atom. The largest absolute Gasteiger partial charge is 0.490 e. The average Bonchev–Trinajstić information content (AvgIpc) is 2.59. The summed E-state index contributed by atoms with van der Waals surface area (Å²) in [5.41, 5.74) is 1.51. The zero-order valence-corrected chi connectivity index (χ0v) is 14.8. The summed E-state index contributed by atoms with van der Waals surface area (Å²) < 4.78 is 10.2. The van der Waals surface area contributed by atoms with Crippen molar-refractivity contribution in [2.75, 3.05) is 25.6 Å². The van der Waals surface area contributed by atoms with Crippen LogP contribution in [0.5, 0.6) is 5.75 Å². The van der Waals surface area contributed by atoms with E-state index in [4.69, 9.17) is 16.3 Å². The number of hydrogen-bond acceptors (Lipinski definition) is 4. The van der Waals surface area contributed by atoms with Crippen LogP contribution < -0.4 is 10.1 Å². The first-order valence-corrected chi connectivity index (χ1v) is 7.52. The van der Waals surface area contributed by atoms with Crippen molar-refractivity contribution in [2.24, 2.45) is 0 Å². The van der Waals surface area contributed by atoms with Gasteiger partial charge in [0, 0.05) is 17.3 Å². The standard InChI is InChI=1S/C18H18ClNO3.ClH/c1-22-18(21)14-4-10-17(11-5-14)23-13-3-2-12-20-16-8-6-15(19)7-9-16;/h2-11,20H,12-13H2,1H3;1H/b3-2+;. The molecule has 6 heteroatoms. The number of esters is 1. The number of ether oxygens (including phenoxy) is 2. The maximum atomic E-state index is 11.3. The summed E-state index contributed by atoms with van der Waals surface area (Å²) >= 11 is 5.82. The molecule has 0 aliphatic rings. The fourth-order valence-corrected chi connectivity index (χ4v) is 1.97. The van der Waals surface area contributed by atoms with Gasteiger partial charge in [-0.15, -0.1) is 12.4 Å². The molecule has 0 spiro atoms. The topological polar surface area (TPSA) is 47.6 Å². The molecule has 24 heavy (non-hydrogen) atoms. The van der Waals surface area contributed by atoms with Crippen molar-refractivity contribution in [1.82, 2.24) is 0 Å². The minimum absolute atomic E-state index is 0. The molecule has 0 atom stereocenters. The van der Waals surface area contributed by atoms with Crippen LogP contribution in [0.4, 0.5) is 5.69 Å². The molecule has 4 nitrogen and oxygen atoms in total. The number of methoxy groups -OCH3 is 1. The van der Waals surface area contributed by atoms with Gasteiger partial charge in [-0.05, 0) is 54.6 Å². The second-order valence-corrected chi connectivity index (χ2v) is 5.12. The monoisotopic (exact) mass is 367 g/mol. The number of hydrogen-bond donors (Lipinski definition) is 1. The van der Waals surface area contributed by atoms with Crippen molar-refractivity contribution in [1.29, 1.82) is 0 Å². The Bertz CT molecular complexity index is 655. The first-order valence-electron chi connectivity index (χ1n) is 7.14. The van der Waals surface area contributed by atoms with Gasteiger partial charge in [0.05, 0.1) is 12.7 Å². The third kappa shape index (κ3) is 6.52. The van der Waals surface area contributed by atoms with E-state index in [-0.39, 0.29) is 18.4 Å². The fraction of sp³-hybridized carbons (Fsp3) is 0.167. The van der Waals surface area contributed by atoms with Crippen LogP contribution >= 0.6 is 24.0 Å². The second kappa shape index (κ2) is 10.6. The maximum absolute atomic E-state index is 11.3. The minimum Gasteiger partial charge on any atom is -0.490 e. The molecule has 2 aromatic rings. The molecular formula is C18H19Cl2NO3. The lowest BCUT2D eigenvalue weighted by Crippen LogP contribution is -2.01. The molecule has 0 aromatic heterocycles. The van der Waals surface area contributed by atoms with E-state index in [1.165, 1.54) is 7.11 Å². The zero-order valence-electron chi connectivity index (χ0n) is 13.2. The van der Waals surface area contributed by atoms with Crippen molar-refractivity contribution >= 4 is 35.7 Å². The van der Waals surface area contributed by atoms with Crippen molar-refractivity contribution in [3.05, 3.63) is 71.3 Å². The highest BCUT2D eigenvalue weighted by molar-refractivity contribution is 6.30. The Morgan fingerprint density at radius 2 is 1.75 bits per heavy atom. The highest BCUT2D eigenvalue weighted by Gasteiger charge is 2.03. The van der Waals surface area contributed by atoms with Crippen LogP contribution in [0.1, 0.15) is 10.4 Å². The Morgan fingerprint density at radius 3 is 2.38 bits per heavy atom. The first-order chi connectivity index (χ1) is 11.2. The second-order valence-electron chi connectivity index (χ2n) is 4.69. The smallest absolute Gasteiger partial charge is 0.337 e. The number of nitrogens with one attached hydrogen (secondary N) is 1. The average molecular weight is 368 g/mol. The lowest BCUT2D eigenvalue weighted by atomic mass is 10.2. The Balaban J connectivity index is 0.00000288. The van der Waals surface area contributed by atoms with E-state index in [2.05, 4.69) is 10.1 Å². The van der Waals surface area contributed by atoms with Gasteiger partial charge in [-0.25, -0.2) is 4.79 Å². The maximum Gasteiger partial charge on any atom is 0.337 e. The van der Waals surface area contributed by atoms with Gasteiger partial charge < -0.3 is 14.8 Å². The molecular weight excluding hydrogens is 349 g/mol.